The fourth-order valence-corrected chi connectivity index (χ4v) is 2.45. The Morgan fingerprint density at radius 3 is 2.60 bits per heavy atom. The van der Waals surface area contributed by atoms with Gasteiger partial charge >= 0.3 is 5.69 Å². The molecule has 1 aliphatic heterocycles. The Bertz CT molecular complexity index is 504. The van der Waals surface area contributed by atoms with Crippen LogP contribution in [0.25, 0.3) is 0 Å². The zero-order valence-corrected chi connectivity index (χ0v) is 12.2. The molecule has 2 rings (SSSR count). The molecule has 1 saturated heterocycles. The monoisotopic (exact) mass is 278 g/mol. The predicted molar refractivity (Wildman–Crippen MR) is 76.4 cm³/mol. The number of amides is 1. The van der Waals surface area contributed by atoms with E-state index in [1.807, 2.05) is 4.90 Å². The van der Waals surface area contributed by atoms with Crippen molar-refractivity contribution in [1.29, 1.82) is 0 Å². The van der Waals surface area contributed by atoms with Crippen LogP contribution in [0, 0.1) is 5.92 Å². The second-order valence-electron chi connectivity index (χ2n) is 5.61. The third-order valence-electron chi connectivity index (χ3n) is 3.44. The van der Waals surface area contributed by atoms with E-state index in [4.69, 9.17) is 0 Å². The lowest BCUT2D eigenvalue weighted by atomic mass is 10.2. The number of hydrogen-bond donors (Lipinski definition) is 0. The number of carbonyl (C=O) groups excluding carboxylic acids is 1. The van der Waals surface area contributed by atoms with Crippen molar-refractivity contribution in [1.82, 2.24) is 19.4 Å². The fraction of sp³-hybridized carbons (Fsp3) is 0.643. The Labute approximate surface area is 119 Å². The molecule has 6 heteroatoms. The van der Waals surface area contributed by atoms with Crippen LogP contribution in [0.4, 0.5) is 0 Å². The fourth-order valence-electron chi connectivity index (χ4n) is 2.45. The molecule has 0 aliphatic carbocycles. The summed E-state index contributed by atoms with van der Waals surface area (Å²) in [5.41, 5.74) is -0.376. The maximum Gasteiger partial charge on any atom is 0.347 e. The number of nitrogens with zero attached hydrogens (tertiary/aromatic N) is 4. The molecule has 0 radical (unpaired) electrons. The lowest BCUT2D eigenvalue weighted by Crippen LogP contribution is -2.50. The van der Waals surface area contributed by atoms with Crippen molar-refractivity contribution in [2.75, 3.05) is 32.7 Å². The van der Waals surface area contributed by atoms with Gasteiger partial charge in [0.25, 0.3) is 0 Å². The van der Waals surface area contributed by atoms with E-state index in [1.54, 1.807) is 12.3 Å². The highest BCUT2D eigenvalue weighted by Gasteiger charge is 2.21. The predicted octanol–water partition coefficient (Wildman–Crippen LogP) is 0.0435. The molecular weight excluding hydrogens is 256 g/mol. The zero-order chi connectivity index (χ0) is 14.5. The van der Waals surface area contributed by atoms with E-state index in [2.05, 4.69) is 23.7 Å². The molecule has 0 aromatic carbocycles. The molecule has 0 bridgehead atoms. The minimum absolute atomic E-state index is 0.00991. The van der Waals surface area contributed by atoms with Crippen LogP contribution >= 0.6 is 0 Å². The quantitative estimate of drug-likeness (QED) is 0.780. The molecule has 6 nitrogen and oxygen atoms in total. The zero-order valence-electron chi connectivity index (χ0n) is 12.2. The Morgan fingerprint density at radius 2 is 2.00 bits per heavy atom. The van der Waals surface area contributed by atoms with Crippen molar-refractivity contribution < 1.29 is 4.79 Å². The molecule has 0 atom stereocenters. The van der Waals surface area contributed by atoms with Crippen molar-refractivity contribution in [2.24, 2.45) is 5.92 Å². The summed E-state index contributed by atoms with van der Waals surface area (Å²) in [4.78, 5) is 31.5. The molecule has 0 spiro atoms. The van der Waals surface area contributed by atoms with Crippen LogP contribution in [-0.4, -0.2) is 58.0 Å². The van der Waals surface area contributed by atoms with Gasteiger partial charge in [-0.3, -0.25) is 14.3 Å². The van der Waals surface area contributed by atoms with E-state index in [-0.39, 0.29) is 18.1 Å². The van der Waals surface area contributed by atoms with E-state index in [9.17, 15) is 9.59 Å². The molecule has 2 heterocycles. The van der Waals surface area contributed by atoms with E-state index >= 15 is 0 Å². The van der Waals surface area contributed by atoms with Crippen molar-refractivity contribution in [3.05, 3.63) is 28.9 Å². The van der Waals surface area contributed by atoms with Crippen LogP contribution in [0.3, 0.4) is 0 Å². The summed E-state index contributed by atoms with van der Waals surface area (Å²) >= 11 is 0. The van der Waals surface area contributed by atoms with Crippen molar-refractivity contribution in [3.63, 3.8) is 0 Å². The molecule has 1 fully saturated rings. The summed E-state index contributed by atoms with van der Waals surface area (Å²) in [5, 5.41) is 0. The van der Waals surface area contributed by atoms with Crippen molar-refractivity contribution in [2.45, 2.75) is 20.4 Å². The van der Waals surface area contributed by atoms with Crippen LogP contribution < -0.4 is 5.69 Å². The van der Waals surface area contributed by atoms with Gasteiger partial charge in [-0.2, -0.15) is 0 Å². The molecule has 0 N–H and O–H groups in total. The summed E-state index contributed by atoms with van der Waals surface area (Å²) in [6.07, 6.45) is 3.04. The average Bonchev–Trinajstić information content (AvgIpc) is 2.41. The SMILES string of the molecule is CC(C)CN1CCN(C(=O)Cn2cccnc2=O)CC1. The second kappa shape index (κ2) is 6.65. The number of rotatable bonds is 4. The van der Waals surface area contributed by atoms with Gasteiger partial charge in [0.1, 0.15) is 6.54 Å². The molecular formula is C14H22N4O2. The normalized spacial score (nSPS) is 16.6. The number of hydrogen-bond acceptors (Lipinski definition) is 4. The first-order valence-corrected chi connectivity index (χ1v) is 7.08. The molecule has 20 heavy (non-hydrogen) atoms. The van der Waals surface area contributed by atoms with Crippen LogP contribution in [0.2, 0.25) is 0 Å². The maximum absolute atomic E-state index is 12.2. The molecule has 1 amide bonds. The van der Waals surface area contributed by atoms with Gasteiger partial charge in [-0.15, -0.1) is 0 Å². The Hall–Kier alpha value is -1.69. The van der Waals surface area contributed by atoms with E-state index in [0.29, 0.717) is 5.92 Å². The van der Waals surface area contributed by atoms with E-state index in [0.717, 1.165) is 32.7 Å². The lowest BCUT2D eigenvalue weighted by molar-refractivity contribution is -0.133. The van der Waals surface area contributed by atoms with Gasteiger partial charge in [0.2, 0.25) is 5.91 Å². The summed E-state index contributed by atoms with van der Waals surface area (Å²) < 4.78 is 1.35. The summed E-state index contributed by atoms with van der Waals surface area (Å²) in [5.74, 6) is 0.635. The second-order valence-corrected chi connectivity index (χ2v) is 5.61. The lowest BCUT2D eigenvalue weighted by Gasteiger charge is -2.35. The Morgan fingerprint density at radius 1 is 1.30 bits per heavy atom. The molecule has 0 saturated carbocycles. The van der Waals surface area contributed by atoms with Crippen molar-refractivity contribution >= 4 is 5.91 Å². The van der Waals surface area contributed by atoms with Gasteiger partial charge in [-0.05, 0) is 12.0 Å². The number of carbonyl (C=O) groups is 1. The highest BCUT2D eigenvalue weighted by molar-refractivity contribution is 5.76. The molecule has 110 valence electrons. The first-order chi connectivity index (χ1) is 9.56. The molecule has 1 aromatic rings. The summed E-state index contributed by atoms with van der Waals surface area (Å²) in [6, 6.07) is 1.66. The minimum atomic E-state index is -0.376. The van der Waals surface area contributed by atoms with Gasteiger partial charge in [0.05, 0.1) is 0 Å². The molecule has 0 unspecified atom stereocenters. The van der Waals surface area contributed by atoms with Gasteiger partial charge in [0, 0.05) is 45.1 Å². The van der Waals surface area contributed by atoms with Gasteiger partial charge in [-0.25, -0.2) is 9.78 Å². The first kappa shape index (κ1) is 14.7. The number of piperazine rings is 1. The average molecular weight is 278 g/mol. The van der Waals surface area contributed by atoms with Gasteiger partial charge in [-0.1, -0.05) is 13.8 Å². The highest BCUT2D eigenvalue weighted by atomic mass is 16.2. The standard InChI is InChI=1S/C14H22N4O2/c1-12(2)10-16-6-8-17(9-7-16)13(19)11-18-5-3-4-15-14(18)20/h3-5,12H,6-11H2,1-2H3. The minimum Gasteiger partial charge on any atom is -0.339 e. The van der Waals surface area contributed by atoms with Crippen LogP contribution in [-0.2, 0) is 11.3 Å². The third kappa shape index (κ3) is 3.90. The third-order valence-corrected chi connectivity index (χ3v) is 3.44. The largest absolute Gasteiger partial charge is 0.347 e. The van der Waals surface area contributed by atoms with Gasteiger partial charge in [0.15, 0.2) is 0 Å². The molecule has 1 aromatic heterocycles. The molecule has 1 aliphatic rings. The highest BCUT2D eigenvalue weighted by Crippen LogP contribution is 2.06. The Kier molecular flexibility index (Phi) is 4.89. The summed E-state index contributed by atoms with van der Waals surface area (Å²) in [6.45, 7) is 8.85. The Balaban J connectivity index is 1.86. The van der Waals surface area contributed by atoms with Crippen LogP contribution in [0.5, 0.6) is 0 Å². The van der Waals surface area contributed by atoms with Crippen LogP contribution in [0.1, 0.15) is 13.8 Å². The first-order valence-electron chi connectivity index (χ1n) is 7.08. The summed E-state index contributed by atoms with van der Waals surface area (Å²) in [7, 11) is 0. The maximum atomic E-state index is 12.2. The topological polar surface area (TPSA) is 58.4 Å². The van der Waals surface area contributed by atoms with Crippen molar-refractivity contribution in [3.8, 4) is 0 Å². The number of aromatic nitrogens is 2. The smallest absolute Gasteiger partial charge is 0.339 e. The van der Waals surface area contributed by atoms with Crippen LogP contribution in [0.15, 0.2) is 23.3 Å². The van der Waals surface area contributed by atoms with E-state index < -0.39 is 0 Å². The van der Waals surface area contributed by atoms with E-state index in [1.165, 1.54) is 10.8 Å². The van der Waals surface area contributed by atoms with Gasteiger partial charge < -0.3 is 4.90 Å².